The van der Waals surface area contributed by atoms with Gasteiger partial charge in [-0.3, -0.25) is 0 Å². The summed E-state index contributed by atoms with van der Waals surface area (Å²) < 4.78 is 6.60. The van der Waals surface area contributed by atoms with E-state index in [9.17, 15) is 5.11 Å². The van der Waals surface area contributed by atoms with Gasteiger partial charge in [-0.25, -0.2) is 0 Å². The first-order chi connectivity index (χ1) is 9.24. The molecule has 4 heteroatoms. The highest BCUT2D eigenvalue weighted by Crippen LogP contribution is 2.25. The molecule has 0 aliphatic carbocycles. The topological polar surface area (TPSA) is 29.5 Å². The standard InChI is InChI=1S/C16H30O2Si2/c1-6-7-13-19(2,3)18-20(4,5)14-12-15-8-10-16(17)11-9-15/h8-11,17H,6-7,12-14H2,1-5H3. The molecule has 0 aliphatic heterocycles. The summed E-state index contributed by atoms with van der Waals surface area (Å²) in [4.78, 5) is 0. The minimum atomic E-state index is -1.59. The van der Waals surface area contributed by atoms with Crippen LogP contribution in [0.1, 0.15) is 25.3 Å². The molecule has 0 saturated heterocycles. The van der Waals surface area contributed by atoms with Crippen molar-refractivity contribution in [2.75, 3.05) is 0 Å². The number of phenols is 1. The summed E-state index contributed by atoms with van der Waals surface area (Å²) in [5.74, 6) is 0.342. The van der Waals surface area contributed by atoms with Crippen molar-refractivity contribution in [3.8, 4) is 5.75 Å². The molecule has 0 aromatic heterocycles. The second kappa shape index (κ2) is 7.43. The molecule has 0 bridgehead atoms. The second-order valence-electron chi connectivity index (χ2n) is 6.89. The van der Waals surface area contributed by atoms with Crippen LogP contribution in [0.2, 0.25) is 38.3 Å². The van der Waals surface area contributed by atoms with Crippen LogP contribution in [0.15, 0.2) is 24.3 Å². The number of hydrogen-bond donors (Lipinski definition) is 1. The molecule has 0 heterocycles. The van der Waals surface area contributed by atoms with Gasteiger partial charge in [-0.15, -0.1) is 0 Å². The van der Waals surface area contributed by atoms with Gasteiger partial charge in [-0.2, -0.15) is 0 Å². The molecule has 20 heavy (non-hydrogen) atoms. The molecular formula is C16H30O2Si2. The Labute approximate surface area is 126 Å². The van der Waals surface area contributed by atoms with Gasteiger partial charge in [0.25, 0.3) is 0 Å². The van der Waals surface area contributed by atoms with Gasteiger partial charge >= 0.3 is 0 Å². The Bertz CT molecular complexity index is 399. The van der Waals surface area contributed by atoms with Gasteiger partial charge in [0.05, 0.1) is 0 Å². The molecule has 1 aromatic carbocycles. The van der Waals surface area contributed by atoms with Gasteiger partial charge in [0.1, 0.15) is 5.75 Å². The van der Waals surface area contributed by atoms with Crippen molar-refractivity contribution in [2.45, 2.75) is 64.5 Å². The molecule has 1 aromatic rings. The van der Waals surface area contributed by atoms with Crippen LogP contribution in [0.5, 0.6) is 5.75 Å². The summed E-state index contributed by atoms with van der Waals surface area (Å²) in [6, 6.07) is 9.99. The molecule has 0 radical (unpaired) electrons. The first-order valence-electron chi connectivity index (χ1n) is 7.72. The third-order valence-electron chi connectivity index (χ3n) is 3.64. The minimum Gasteiger partial charge on any atom is -0.508 e. The molecule has 1 N–H and O–H groups in total. The maximum absolute atomic E-state index is 9.31. The molecule has 0 spiro atoms. The van der Waals surface area contributed by atoms with Crippen LogP contribution in [0.25, 0.3) is 0 Å². The van der Waals surface area contributed by atoms with E-state index in [2.05, 4.69) is 33.1 Å². The van der Waals surface area contributed by atoms with Crippen LogP contribution in [0, 0.1) is 0 Å². The molecule has 2 nitrogen and oxygen atoms in total. The molecule has 0 saturated carbocycles. The van der Waals surface area contributed by atoms with Crippen LogP contribution in [0.4, 0.5) is 0 Å². The van der Waals surface area contributed by atoms with Gasteiger partial charge in [0.2, 0.25) is 0 Å². The SMILES string of the molecule is CCCC[Si](C)(C)O[Si](C)(C)CCc1ccc(O)cc1. The summed E-state index contributed by atoms with van der Waals surface area (Å²) in [5.41, 5.74) is 1.29. The normalized spacial score (nSPS) is 12.7. The number of benzene rings is 1. The van der Waals surface area contributed by atoms with E-state index in [-0.39, 0.29) is 0 Å². The number of aryl methyl sites for hydroxylation is 1. The Kier molecular flexibility index (Phi) is 6.49. The van der Waals surface area contributed by atoms with Crippen molar-refractivity contribution in [1.82, 2.24) is 0 Å². The predicted molar refractivity (Wildman–Crippen MR) is 92.4 cm³/mol. The maximum Gasteiger partial charge on any atom is 0.173 e. The Morgan fingerprint density at radius 3 is 2.05 bits per heavy atom. The van der Waals surface area contributed by atoms with Crippen LogP contribution in [-0.2, 0) is 10.5 Å². The van der Waals surface area contributed by atoms with Gasteiger partial charge in [-0.05, 0) is 62.4 Å². The monoisotopic (exact) mass is 310 g/mol. The average Bonchev–Trinajstić information content (AvgIpc) is 2.35. The Morgan fingerprint density at radius 2 is 1.50 bits per heavy atom. The van der Waals surface area contributed by atoms with Crippen LogP contribution in [-0.4, -0.2) is 21.7 Å². The van der Waals surface area contributed by atoms with E-state index >= 15 is 0 Å². The van der Waals surface area contributed by atoms with E-state index in [1.807, 2.05) is 12.1 Å². The minimum absolute atomic E-state index is 0.342. The number of unbranched alkanes of at least 4 members (excludes halogenated alkanes) is 1. The van der Waals surface area contributed by atoms with Gasteiger partial charge < -0.3 is 9.22 Å². The third-order valence-corrected chi connectivity index (χ3v) is 11.1. The number of aromatic hydroxyl groups is 1. The third kappa shape index (κ3) is 6.72. The lowest BCUT2D eigenvalue weighted by Crippen LogP contribution is -2.44. The fourth-order valence-corrected chi connectivity index (χ4v) is 11.5. The Morgan fingerprint density at radius 1 is 0.950 bits per heavy atom. The highest BCUT2D eigenvalue weighted by Gasteiger charge is 2.32. The fourth-order valence-electron chi connectivity index (χ4n) is 2.56. The van der Waals surface area contributed by atoms with E-state index in [1.54, 1.807) is 12.1 Å². The quantitative estimate of drug-likeness (QED) is 0.672. The maximum atomic E-state index is 9.31. The van der Waals surface area contributed by atoms with Crippen molar-refractivity contribution in [1.29, 1.82) is 0 Å². The molecule has 0 aliphatic rings. The van der Waals surface area contributed by atoms with E-state index in [1.165, 1.54) is 24.4 Å². The molecule has 0 fully saturated rings. The molecule has 0 atom stereocenters. The van der Waals surface area contributed by atoms with Crippen molar-refractivity contribution in [3.63, 3.8) is 0 Å². The van der Waals surface area contributed by atoms with E-state index < -0.39 is 16.6 Å². The number of hydrogen-bond acceptors (Lipinski definition) is 2. The van der Waals surface area contributed by atoms with Crippen LogP contribution >= 0.6 is 0 Å². The lowest BCUT2D eigenvalue weighted by atomic mass is 10.2. The molecule has 114 valence electrons. The highest BCUT2D eigenvalue weighted by atomic mass is 28.4. The Hall–Kier alpha value is -0.586. The predicted octanol–water partition coefficient (Wildman–Crippen LogP) is 5.16. The molecule has 0 amide bonds. The van der Waals surface area contributed by atoms with E-state index in [0.717, 1.165) is 12.5 Å². The zero-order valence-electron chi connectivity index (χ0n) is 13.7. The summed E-state index contributed by atoms with van der Waals surface area (Å²) in [5, 5.41) is 9.31. The number of rotatable bonds is 8. The fraction of sp³-hybridized carbons (Fsp3) is 0.625. The van der Waals surface area contributed by atoms with Gasteiger partial charge in [0.15, 0.2) is 16.6 Å². The summed E-state index contributed by atoms with van der Waals surface area (Å²) in [6.45, 7) is 11.6. The van der Waals surface area contributed by atoms with Gasteiger partial charge in [0, 0.05) is 0 Å². The van der Waals surface area contributed by atoms with Crippen LogP contribution in [0.3, 0.4) is 0 Å². The van der Waals surface area contributed by atoms with E-state index in [4.69, 9.17) is 4.12 Å². The van der Waals surface area contributed by atoms with Crippen LogP contribution < -0.4 is 0 Å². The van der Waals surface area contributed by atoms with Crippen molar-refractivity contribution < 1.29 is 9.22 Å². The van der Waals surface area contributed by atoms with Gasteiger partial charge in [-0.1, -0.05) is 31.9 Å². The van der Waals surface area contributed by atoms with Crippen molar-refractivity contribution >= 4 is 16.6 Å². The zero-order chi connectivity index (χ0) is 15.2. The molecule has 1 rings (SSSR count). The van der Waals surface area contributed by atoms with Crippen molar-refractivity contribution in [3.05, 3.63) is 29.8 Å². The highest BCUT2D eigenvalue weighted by molar-refractivity contribution is 6.84. The molecule has 0 unspecified atom stereocenters. The summed E-state index contributed by atoms with van der Waals surface area (Å²) in [7, 11) is -3.07. The summed E-state index contributed by atoms with van der Waals surface area (Å²) >= 11 is 0. The smallest absolute Gasteiger partial charge is 0.173 e. The summed E-state index contributed by atoms with van der Waals surface area (Å²) in [6.07, 6.45) is 3.61. The Balaban J connectivity index is 2.50. The lowest BCUT2D eigenvalue weighted by Gasteiger charge is -2.34. The first kappa shape index (κ1) is 17.5. The largest absolute Gasteiger partial charge is 0.508 e. The zero-order valence-corrected chi connectivity index (χ0v) is 15.7. The molecular weight excluding hydrogens is 280 g/mol. The average molecular weight is 311 g/mol. The van der Waals surface area contributed by atoms with E-state index in [0.29, 0.717) is 5.75 Å². The van der Waals surface area contributed by atoms with Crippen molar-refractivity contribution in [2.24, 2.45) is 0 Å². The second-order valence-corrected chi connectivity index (χ2v) is 15.7. The number of phenolic OH excluding ortho intramolecular Hbond substituents is 1. The first-order valence-corrected chi connectivity index (χ1v) is 14.0. The lowest BCUT2D eigenvalue weighted by molar-refractivity contribution is 0.475.